The third kappa shape index (κ3) is 7.38. The number of hydrogen-bond acceptors (Lipinski definition) is 7. The van der Waals surface area contributed by atoms with Gasteiger partial charge in [-0.2, -0.15) is 0 Å². The van der Waals surface area contributed by atoms with Gasteiger partial charge in [-0.15, -0.1) is 0 Å². The average Bonchev–Trinajstić information content (AvgIpc) is 2.74. The van der Waals surface area contributed by atoms with Crippen LogP contribution < -0.4 is 4.90 Å². The molecule has 31 heavy (non-hydrogen) atoms. The minimum atomic E-state index is -0.833. The lowest BCUT2D eigenvalue weighted by molar-refractivity contribution is -0.384. The molecule has 0 spiro atoms. The first kappa shape index (κ1) is 23.8. The van der Waals surface area contributed by atoms with Gasteiger partial charge in [0.2, 0.25) is 0 Å². The Morgan fingerprint density at radius 2 is 1.74 bits per heavy atom. The summed E-state index contributed by atoms with van der Waals surface area (Å²) in [6, 6.07) is 16.6. The summed E-state index contributed by atoms with van der Waals surface area (Å²) in [7, 11) is 1.36. The zero-order valence-corrected chi connectivity index (χ0v) is 17.6. The van der Waals surface area contributed by atoms with Crippen molar-refractivity contribution in [1.29, 1.82) is 0 Å². The highest BCUT2D eigenvalue weighted by Gasteiger charge is 2.32. The van der Waals surface area contributed by atoms with Crippen LogP contribution in [0.15, 0.2) is 54.6 Å². The second-order valence-corrected chi connectivity index (χ2v) is 7.11. The summed E-state index contributed by atoms with van der Waals surface area (Å²) in [5.74, 6) is -1.15. The number of carbonyl (C=O) groups excluding carboxylic acids is 1. The average molecular weight is 429 g/mol. The van der Waals surface area contributed by atoms with Crippen molar-refractivity contribution in [1.82, 2.24) is 4.90 Å². The molecule has 3 rings (SSSR count). The largest absolute Gasteiger partial charge is 0.481 e. The molecule has 0 aromatic heterocycles. The van der Waals surface area contributed by atoms with Gasteiger partial charge in [-0.3, -0.25) is 24.6 Å². The number of nitro benzene ring substituents is 1. The molecule has 166 valence electrons. The standard InChI is InChI=1S/C20H23N3O4.C2H4O2/c1-27-20(24)13-17-15-21(14-16-7-3-2-4-8-16)11-12-22(17)18-9-5-6-10-19(18)23(25)26;1-2(3)4/h2-10,17H,11-15H2,1H3;1H3,(H,3,4). The van der Waals surface area contributed by atoms with Crippen molar-refractivity contribution < 1.29 is 24.4 Å². The molecule has 1 heterocycles. The molecule has 9 nitrogen and oxygen atoms in total. The highest BCUT2D eigenvalue weighted by Crippen LogP contribution is 2.31. The number of methoxy groups -OCH3 is 1. The summed E-state index contributed by atoms with van der Waals surface area (Å²) in [5.41, 5.74) is 1.81. The maximum absolute atomic E-state index is 11.9. The van der Waals surface area contributed by atoms with E-state index in [1.54, 1.807) is 18.2 Å². The second kappa shape index (κ2) is 11.7. The highest BCUT2D eigenvalue weighted by atomic mass is 16.6. The number of nitrogens with zero attached hydrogens (tertiary/aromatic N) is 3. The fourth-order valence-electron chi connectivity index (χ4n) is 3.53. The molecule has 1 unspecified atom stereocenters. The summed E-state index contributed by atoms with van der Waals surface area (Å²) in [4.78, 5) is 36.2. The van der Waals surface area contributed by atoms with E-state index in [0.29, 0.717) is 18.8 Å². The van der Waals surface area contributed by atoms with Crippen molar-refractivity contribution in [3.05, 3.63) is 70.3 Å². The quantitative estimate of drug-likeness (QED) is 0.424. The third-order valence-electron chi connectivity index (χ3n) is 4.83. The zero-order valence-electron chi connectivity index (χ0n) is 17.6. The lowest BCUT2D eigenvalue weighted by Crippen LogP contribution is -2.53. The van der Waals surface area contributed by atoms with Crippen LogP contribution in [0.1, 0.15) is 18.9 Å². The monoisotopic (exact) mass is 429 g/mol. The van der Waals surface area contributed by atoms with E-state index in [1.165, 1.54) is 18.7 Å². The van der Waals surface area contributed by atoms with Crippen LogP contribution >= 0.6 is 0 Å². The number of hydrogen-bond donors (Lipinski definition) is 1. The fourth-order valence-corrected chi connectivity index (χ4v) is 3.53. The predicted molar refractivity (Wildman–Crippen MR) is 116 cm³/mol. The number of para-hydroxylation sites is 2. The SMILES string of the molecule is CC(=O)O.COC(=O)CC1CN(Cc2ccccc2)CCN1c1ccccc1[N+](=O)[O-]. The van der Waals surface area contributed by atoms with E-state index in [4.69, 9.17) is 14.6 Å². The molecule has 9 heteroatoms. The number of aliphatic carboxylic acids is 1. The Morgan fingerprint density at radius 1 is 1.13 bits per heavy atom. The Kier molecular flexibility index (Phi) is 8.95. The normalized spacial score (nSPS) is 16.1. The molecule has 1 atom stereocenters. The molecule has 2 aromatic rings. The van der Waals surface area contributed by atoms with Gasteiger partial charge >= 0.3 is 5.97 Å². The minimum Gasteiger partial charge on any atom is -0.481 e. The molecule has 1 N–H and O–H groups in total. The molecule has 0 bridgehead atoms. The van der Waals surface area contributed by atoms with Gasteiger partial charge in [0.25, 0.3) is 11.7 Å². The van der Waals surface area contributed by atoms with Gasteiger partial charge in [-0.05, 0) is 11.6 Å². The van der Waals surface area contributed by atoms with Crippen LogP contribution in [0.3, 0.4) is 0 Å². The number of piperazine rings is 1. The molecule has 0 saturated carbocycles. The van der Waals surface area contributed by atoms with Crippen molar-refractivity contribution in [3.63, 3.8) is 0 Å². The van der Waals surface area contributed by atoms with Gasteiger partial charge in [-0.1, -0.05) is 42.5 Å². The van der Waals surface area contributed by atoms with E-state index in [2.05, 4.69) is 17.0 Å². The Bertz CT molecular complexity index is 886. The molecule has 1 aliphatic heterocycles. The Hall–Kier alpha value is -3.46. The molecule has 2 aromatic carbocycles. The number of benzene rings is 2. The van der Waals surface area contributed by atoms with Gasteiger partial charge in [-0.25, -0.2) is 0 Å². The van der Waals surface area contributed by atoms with Crippen LogP contribution in [0, 0.1) is 10.1 Å². The Labute approximate surface area is 181 Å². The second-order valence-electron chi connectivity index (χ2n) is 7.11. The van der Waals surface area contributed by atoms with Gasteiger partial charge in [0.1, 0.15) is 5.69 Å². The van der Waals surface area contributed by atoms with Crippen LogP contribution in [0.4, 0.5) is 11.4 Å². The van der Waals surface area contributed by atoms with Crippen LogP contribution in [-0.2, 0) is 20.9 Å². The third-order valence-corrected chi connectivity index (χ3v) is 4.83. The van der Waals surface area contributed by atoms with E-state index < -0.39 is 5.97 Å². The summed E-state index contributed by atoms with van der Waals surface area (Å²) in [5, 5.41) is 18.8. The summed E-state index contributed by atoms with van der Waals surface area (Å²) in [6.07, 6.45) is 0.188. The molecule has 0 aliphatic carbocycles. The first-order valence-corrected chi connectivity index (χ1v) is 9.84. The number of carbonyl (C=O) groups is 2. The van der Waals surface area contributed by atoms with Crippen molar-refractivity contribution in [2.24, 2.45) is 0 Å². The number of rotatable bonds is 6. The molecular formula is C22H27N3O6. The fraction of sp³-hybridized carbons (Fsp3) is 0.364. The van der Waals surface area contributed by atoms with Crippen molar-refractivity contribution in [3.8, 4) is 0 Å². The number of carboxylic acid groups (broad SMARTS) is 1. The Balaban J connectivity index is 0.000000785. The van der Waals surface area contributed by atoms with Crippen LogP contribution in [0.5, 0.6) is 0 Å². The summed E-state index contributed by atoms with van der Waals surface area (Å²) < 4.78 is 4.85. The molecule has 0 amide bonds. The van der Waals surface area contributed by atoms with E-state index in [-0.39, 0.29) is 29.0 Å². The molecule has 1 fully saturated rings. The lowest BCUT2D eigenvalue weighted by Gasteiger charge is -2.42. The van der Waals surface area contributed by atoms with Crippen LogP contribution in [0.25, 0.3) is 0 Å². The highest BCUT2D eigenvalue weighted by molar-refractivity contribution is 5.72. The smallest absolute Gasteiger partial charge is 0.307 e. The molecule has 1 saturated heterocycles. The maximum atomic E-state index is 11.9. The van der Waals surface area contributed by atoms with Gasteiger partial charge in [0.05, 0.1) is 24.5 Å². The minimum absolute atomic E-state index is 0.0591. The van der Waals surface area contributed by atoms with Crippen molar-refractivity contribution >= 4 is 23.3 Å². The van der Waals surface area contributed by atoms with E-state index >= 15 is 0 Å². The lowest BCUT2D eigenvalue weighted by atomic mass is 10.1. The molecule has 1 aliphatic rings. The van der Waals surface area contributed by atoms with Crippen LogP contribution in [-0.4, -0.2) is 59.7 Å². The van der Waals surface area contributed by atoms with E-state index in [9.17, 15) is 14.9 Å². The summed E-state index contributed by atoms with van der Waals surface area (Å²) >= 11 is 0. The van der Waals surface area contributed by atoms with Crippen molar-refractivity contribution in [2.75, 3.05) is 31.6 Å². The topological polar surface area (TPSA) is 113 Å². The van der Waals surface area contributed by atoms with Gasteiger partial charge in [0.15, 0.2) is 0 Å². The van der Waals surface area contributed by atoms with E-state index in [1.807, 2.05) is 23.1 Å². The van der Waals surface area contributed by atoms with Gasteiger partial charge in [0, 0.05) is 39.2 Å². The Morgan fingerprint density at radius 3 is 2.35 bits per heavy atom. The number of ether oxygens (including phenoxy) is 1. The first-order chi connectivity index (χ1) is 14.8. The van der Waals surface area contributed by atoms with Crippen molar-refractivity contribution in [2.45, 2.75) is 25.9 Å². The predicted octanol–water partition coefficient (Wildman–Crippen LogP) is 2.94. The number of esters is 1. The van der Waals surface area contributed by atoms with Gasteiger partial charge < -0.3 is 14.7 Å². The zero-order chi connectivity index (χ0) is 22.8. The molecular weight excluding hydrogens is 402 g/mol. The number of carboxylic acids is 1. The first-order valence-electron chi connectivity index (χ1n) is 9.84. The summed E-state index contributed by atoms with van der Waals surface area (Å²) in [6.45, 7) is 3.87. The molecule has 0 radical (unpaired) electrons. The van der Waals surface area contributed by atoms with E-state index in [0.717, 1.165) is 20.0 Å². The number of anilines is 1. The maximum Gasteiger partial charge on any atom is 0.307 e. The number of nitro groups is 1. The van der Waals surface area contributed by atoms with Crippen LogP contribution in [0.2, 0.25) is 0 Å².